The SMILES string of the molecule is [3H]C1([3H])CC2(CCC(C)(C)O2)CC([3H])([3H])N1OC. The van der Waals surface area contributed by atoms with Crippen LogP contribution in [0.15, 0.2) is 0 Å². The molecule has 0 bridgehead atoms. The summed E-state index contributed by atoms with van der Waals surface area (Å²) in [4.78, 5) is 4.90. The predicted molar refractivity (Wildman–Crippen MR) is 54.9 cm³/mol. The van der Waals surface area contributed by atoms with Gasteiger partial charge < -0.3 is 9.57 Å². The van der Waals surface area contributed by atoms with E-state index in [4.69, 9.17) is 15.1 Å². The molecule has 2 fully saturated rings. The van der Waals surface area contributed by atoms with Crippen molar-refractivity contribution in [1.29, 1.82) is 0 Å². The maximum absolute atomic E-state index is 8.01. The zero-order chi connectivity index (χ0) is 13.8. The van der Waals surface area contributed by atoms with Gasteiger partial charge in [0.25, 0.3) is 0 Å². The Labute approximate surface area is 91.9 Å². The van der Waals surface area contributed by atoms with Crippen LogP contribution in [0.4, 0.5) is 0 Å². The van der Waals surface area contributed by atoms with Gasteiger partial charge in [0.05, 0.1) is 18.3 Å². The normalized spacial score (nSPS) is 42.5. The quantitative estimate of drug-likeness (QED) is 0.656. The summed E-state index contributed by atoms with van der Waals surface area (Å²) >= 11 is 0. The standard InChI is InChI=1S/C11H21NO2/c1-10(2)4-5-11(14-10)6-8-12(13-3)9-7-11/h4-9H2,1-3H3/i8T2,9T2. The third-order valence-electron chi connectivity index (χ3n) is 2.95. The lowest BCUT2D eigenvalue weighted by atomic mass is 9.89. The summed E-state index contributed by atoms with van der Waals surface area (Å²) in [5, 5.41) is 0.819. The van der Waals surface area contributed by atoms with Gasteiger partial charge in [-0.15, -0.1) is 0 Å². The van der Waals surface area contributed by atoms with Crippen LogP contribution < -0.4 is 0 Å². The van der Waals surface area contributed by atoms with Crippen molar-refractivity contribution in [2.75, 3.05) is 20.1 Å². The first kappa shape index (κ1) is 6.46. The number of piperidine rings is 1. The van der Waals surface area contributed by atoms with Gasteiger partial charge in [-0.3, -0.25) is 0 Å². The molecule has 0 atom stereocenters. The highest BCUT2D eigenvalue weighted by Crippen LogP contribution is 2.43. The number of nitrogens with zero attached hydrogens (tertiary/aromatic N) is 1. The topological polar surface area (TPSA) is 21.7 Å². The van der Waals surface area contributed by atoms with E-state index in [0.29, 0.717) is 6.42 Å². The molecule has 82 valence electrons. The molecule has 14 heavy (non-hydrogen) atoms. The average molecular weight is 207 g/mol. The molecule has 0 unspecified atom stereocenters. The second kappa shape index (κ2) is 3.47. The minimum atomic E-state index is -1.86. The van der Waals surface area contributed by atoms with E-state index in [1.165, 1.54) is 7.11 Å². The summed E-state index contributed by atoms with van der Waals surface area (Å²) in [5.74, 6) is 0. The Balaban J connectivity index is 2.29. The highest BCUT2D eigenvalue weighted by molar-refractivity contribution is 4.95. The molecule has 3 nitrogen and oxygen atoms in total. The van der Waals surface area contributed by atoms with Crippen molar-refractivity contribution in [1.82, 2.24) is 5.06 Å². The lowest BCUT2D eigenvalue weighted by Crippen LogP contribution is -2.44. The zero-order valence-corrected chi connectivity index (χ0v) is 9.09. The molecule has 0 amide bonds. The van der Waals surface area contributed by atoms with Crippen LogP contribution in [0, 0.1) is 0 Å². The largest absolute Gasteiger partial charge is 0.369 e. The first-order valence-corrected chi connectivity index (χ1v) is 5.07. The van der Waals surface area contributed by atoms with Crippen molar-refractivity contribution < 1.29 is 15.1 Å². The first-order valence-electron chi connectivity index (χ1n) is 7.07. The van der Waals surface area contributed by atoms with Gasteiger partial charge in [-0.1, -0.05) is 0 Å². The Morgan fingerprint density at radius 1 is 1.21 bits per heavy atom. The minimum absolute atomic E-state index is 0.136. The Morgan fingerprint density at radius 2 is 1.86 bits per heavy atom. The summed E-state index contributed by atoms with van der Waals surface area (Å²) in [6.45, 7) is 0.207. The fraction of sp³-hybridized carbons (Fsp3) is 1.00. The van der Waals surface area contributed by atoms with Crippen molar-refractivity contribution in [2.45, 2.75) is 50.7 Å². The average Bonchev–Trinajstić information content (AvgIpc) is 2.36. The molecular weight excluding hydrogens is 178 g/mol. The maximum atomic E-state index is 8.01. The van der Waals surface area contributed by atoms with Crippen molar-refractivity contribution in [2.24, 2.45) is 0 Å². The van der Waals surface area contributed by atoms with E-state index in [1.54, 1.807) is 0 Å². The number of hydrogen-bond donors (Lipinski definition) is 0. The molecule has 2 aliphatic rings. The molecule has 0 aliphatic carbocycles. The van der Waals surface area contributed by atoms with E-state index >= 15 is 0 Å². The monoisotopic (exact) mass is 207 g/mol. The second-order valence-corrected chi connectivity index (χ2v) is 4.69. The van der Waals surface area contributed by atoms with Crippen LogP contribution >= 0.6 is 0 Å². The van der Waals surface area contributed by atoms with Gasteiger partial charge in [0.1, 0.15) is 0 Å². The third kappa shape index (κ3) is 1.95. The number of rotatable bonds is 1. The lowest BCUT2D eigenvalue weighted by Gasteiger charge is -2.39. The van der Waals surface area contributed by atoms with Gasteiger partial charge in [0.2, 0.25) is 0 Å². The van der Waals surface area contributed by atoms with Crippen LogP contribution in [0.1, 0.15) is 45.0 Å². The molecule has 2 heterocycles. The molecule has 0 aromatic carbocycles. The zero-order valence-electron chi connectivity index (χ0n) is 13.1. The van der Waals surface area contributed by atoms with Gasteiger partial charge in [0, 0.05) is 18.5 Å². The van der Waals surface area contributed by atoms with Crippen molar-refractivity contribution in [3.8, 4) is 0 Å². The van der Waals surface area contributed by atoms with Gasteiger partial charge >= 0.3 is 0 Å². The number of hydroxylamine groups is 2. The van der Waals surface area contributed by atoms with E-state index in [-0.39, 0.29) is 18.4 Å². The van der Waals surface area contributed by atoms with Crippen molar-refractivity contribution in [3.63, 3.8) is 0 Å². The van der Waals surface area contributed by atoms with Gasteiger partial charge in [0.15, 0.2) is 0 Å². The Morgan fingerprint density at radius 3 is 2.29 bits per heavy atom. The van der Waals surface area contributed by atoms with Crippen LogP contribution in [0.2, 0.25) is 0 Å². The summed E-state index contributed by atoms with van der Waals surface area (Å²) < 4.78 is 38.0. The summed E-state index contributed by atoms with van der Waals surface area (Å²) in [6.07, 6.45) is 1.79. The van der Waals surface area contributed by atoms with Crippen LogP contribution in [0.5, 0.6) is 0 Å². The second-order valence-electron chi connectivity index (χ2n) is 4.69. The highest BCUT2D eigenvalue weighted by atomic mass is 16.7. The van der Waals surface area contributed by atoms with E-state index < -0.39 is 18.6 Å². The molecule has 1 spiro atoms. The van der Waals surface area contributed by atoms with Crippen molar-refractivity contribution >= 4 is 0 Å². The van der Waals surface area contributed by atoms with Crippen LogP contribution in [-0.2, 0) is 9.57 Å². The Bertz CT molecular complexity index is 328. The van der Waals surface area contributed by atoms with Gasteiger partial charge in [-0.2, -0.15) is 5.06 Å². The molecule has 2 saturated heterocycles. The van der Waals surface area contributed by atoms with Gasteiger partial charge in [-0.05, 0) is 39.5 Å². The molecule has 2 rings (SSSR count). The lowest BCUT2D eigenvalue weighted by molar-refractivity contribution is -0.190. The molecule has 0 aromatic heterocycles. The van der Waals surface area contributed by atoms with Crippen molar-refractivity contribution in [3.05, 3.63) is 0 Å². The first-order chi connectivity index (χ1) is 8.02. The van der Waals surface area contributed by atoms with Gasteiger partial charge in [-0.25, -0.2) is 0 Å². The van der Waals surface area contributed by atoms with Crippen LogP contribution in [0.3, 0.4) is 0 Å². The minimum Gasteiger partial charge on any atom is -0.369 e. The number of hydrogen-bond acceptors (Lipinski definition) is 3. The van der Waals surface area contributed by atoms with Crippen LogP contribution in [-0.4, -0.2) is 36.4 Å². The summed E-state index contributed by atoms with van der Waals surface area (Å²) in [5.41, 5.74) is -1.02. The molecule has 0 radical (unpaired) electrons. The van der Waals surface area contributed by atoms with Crippen LogP contribution in [0.25, 0.3) is 0 Å². The fourth-order valence-electron chi connectivity index (χ4n) is 2.15. The van der Waals surface area contributed by atoms with E-state index in [2.05, 4.69) is 0 Å². The molecule has 0 saturated carbocycles. The third-order valence-corrected chi connectivity index (χ3v) is 2.95. The highest BCUT2D eigenvalue weighted by Gasteiger charge is 2.45. The fourth-order valence-corrected chi connectivity index (χ4v) is 2.15. The smallest absolute Gasteiger partial charge is 0.0717 e. The maximum Gasteiger partial charge on any atom is 0.0717 e. The van der Waals surface area contributed by atoms with E-state index in [9.17, 15) is 0 Å². The molecular formula is C11H21NO2. The van der Waals surface area contributed by atoms with E-state index in [0.717, 1.165) is 11.5 Å². The predicted octanol–water partition coefficient (Wildman–Crippen LogP) is 1.97. The van der Waals surface area contributed by atoms with E-state index in [1.807, 2.05) is 13.8 Å². The Hall–Kier alpha value is -0.120. The Kier molecular flexibility index (Phi) is 1.60. The molecule has 2 aliphatic heterocycles. The summed E-state index contributed by atoms with van der Waals surface area (Å²) in [7, 11) is 1.30. The molecule has 3 heteroatoms. The summed E-state index contributed by atoms with van der Waals surface area (Å²) in [6, 6.07) is 0. The number of ether oxygens (including phenoxy) is 1. The molecule has 0 N–H and O–H groups in total. The molecule has 0 aromatic rings.